The van der Waals surface area contributed by atoms with Crippen LogP contribution >= 0.6 is 0 Å². The number of aromatic amines is 1. The number of hydrogen-bond acceptors (Lipinski definition) is 5. The first kappa shape index (κ1) is 18.6. The molecule has 152 valence electrons. The Labute approximate surface area is 174 Å². The van der Waals surface area contributed by atoms with E-state index in [4.69, 9.17) is 4.98 Å². The molecule has 1 aromatic carbocycles. The maximum atomic E-state index is 12.5. The predicted molar refractivity (Wildman–Crippen MR) is 119 cm³/mol. The lowest BCUT2D eigenvalue weighted by atomic mass is 9.90. The van der Waals surface area contributed by atoms with Crippen molar-refractivity contribution in [3.63, 3.8) is 0 Å². The zero-order valence-electron chi connectivity index (χ0n) is 16.9. The molecule has 0 aliphatic carbocycles. The van der Waals surface area contributed by atoms with Gasteiger partial charge < -0.3 is 15.6 Å². The molecule has 0 saturated carbocycles. The number of piperidine rings is 1. The van der Waals surface area contributed by atoms with Crippen LogP contribution in [0.15, 0.2) is 59.8 Å². The molecule has 1 aliphatic rings. The maximum Gasteiger partial charge on any atom is 0.259 e. The summed E-state index contributed by atoms with van der Waals surface area (Å²) in [5.41, 5.74) is 3.79. The Morgan fingerprint density at radius 2 is 1.93 bits per heavy atom. The Morgan fingerprint density at radius 3 is 2.67 bits per heavy atom. The number of anilines is 2. The van der Waals surface area contributed by atoms with Crippen molar-refractivity contribution in [3.05, 3.63) is 70.9 Å². The summed E-state index contributed by atoms with van der Waals surface area (Å²) in [7, 11) is 1.87. The third kappa shape index (κ3) is 3.59. The largest absolute Gasteiger partial charge is 0.340 e. The summed E-state index contributed by atoms with van der Waals surface area (Å²) in [4.78, 5) is 20.1. The third-order valence-corrected chi connectivity index (χ3v) is 5.74. The number of fused-ring (bicyclic) bond motifs is 1. The lowest BCUT2D eigenvalue weighted by Crippen LogP contribution is -2.26. The summed E-state index contributed by atoms with van der Waals surface area (Å²) in [5, 5.41) is 12.4. The number of hydrogen-bond donors (Lipinski definition) is 3. The molecular formula is C23H24N6O. The van der Waals surface area contributed by atoms with Gasteiger partial charge >= 0.3 is 0 Å². The van der Waals surface area contributed by atoms with Gasteiger partial charge in [0.05, 0.1) is 17.3 Å². The van der Waals surface area contributed by atoms with E-state index in [1.165, 1.54) is 18.4 Å². The molecule has 0 bridgehead atoms. The maximum absolute atomic E-state index is 12.5. The van der Waals surface area contributed by atoms with Crippen LogP contribution in [0.3, 0.4) is 0 Å². The number of pyridine rings is 2. The van der Waals surface area contributed by atoms with Crippen LogP contribution in [0.25, 0.3) is 22.0 Å². The summed E-state index contributed by atoms with van der Waals surface area (Å²) in [6.07, 6.45) is 7.69. The van der Waals surface area contributed by atoms with Crippen molar-refractivity contribution in [1.29, 1.82) is 0 Å². The molecule has 30 heavy (non-hydrogen) atoms. The number of aryl methyl sites for hydroxylation is 1. The second-order valence-corrected chi connectivity index (χ2v) is 7.80. The van der Waals surface area contributed by atoms with Gasteiger partial charge in [-0.15, -0.1) is 0 Å². The van der Waals surface area contributed by atoms with Gasteiger partial charge in [-0.2, -0.15) is 5.10 Å². The smallest absolute Gasteiger partial charge is 0.259 e. The Balaban J connectivity index is 1.52. The summed E-state index contributed by atoms with van der Waals surface area (Å²) in [6, 6.07) is 12.3. The van der Waals surface area contributed by atoms with Crippen molar-refractivity contribution in [1.82, 2.24) is 25.1 Å². The van der Waals surface area contributed by atoms with Gasteiger partial charge in [0, 0.05) is 30.7 Å². The molecule has 1 saturated heterocycles. The molecule has 4 aromatic rings. The highest BCUT2D eigenvalue weighted by atomic mass is 16.1. The van der Waals surface area contributed by atoms with Crippen LogP contribution in [0.2, 0.25) is 0 Å². The molecule has 3 N–H and O–H groups in total. The lowest BCUT2D eigenvalue weighted by molar-refractivity contribution is 0.460. The quantitative estimate of drug-likeness (QED) is 0.488. The van der Waals surface area contributed by atoms with E-state index < -0.39 is 0 Å². The Bertz CT molecular complexity index is 1230. The average molecular weight is 400 g/mol. The predicted octanol–water partition coefficient (Wildman–Crippen LogP) is 3.53. The molecule has 0 spiro atoms. The Hall–Kier alpha value is -3.45. The number of aromatic nitrogens is 4. The topological polar surface area (TPSA) is 87.6 Å². The van der Waals surface area contributed by atoms with E-state index in [0.717, 1.165) is 35.4 Å². The third-order valence-electron chi connectivity index (χ3n) is 5.74. The molecule has 7 heteroatoms. The summed E-state index contributed by atoms with van der Waals surface area (Å²) < 4.78 is 1.74. The van der Waals surface area contributed by atoms with Crippen LogP contribution < -0.4 is 16.2 Å². The summed E-state index contributed by atoms with van der Waals surface area (Å²) in [5.74, 6) is 1.15. The second-order valence-electron chi connectivity index (χ2n) is 7.80. The van der Waals surface area contributed by atoms with Gasteiger partial charge in [-0.3, -0.25) is 9.48 Å². The Morgan fingerprint density at radius 1 is 1.13 bits per heavy atom. The van der Waals surface area contributed by atoms with Gasteiger partial charge in [0.25, 0.3) is 5.56 Å². The van der Waals surface area contributed by atoms with Crippen LogP contribution in [0, 0.1) is 0 Å². The first-order valence-electron chi connectivity index (χ1n) is 10.3. The minimum atomic E-state index is -0.161. The van der Waals surface area contributed by atoms with Gasteiger partial charge in [-0.1, -0.05) is 12.1 Å². The second kappa shape index (κ2) is 7.76. The van der Waals surface area contributed by atoms with E-state index in [1.54, 1.807) is 17.1 Å². The fraction of sp³-hybridized carbons (Fsp3) is 0.261. The SMILES string of the molecule is Cn1cc(-c2cc3cc[nH]c(=O)c3c(Nc3ccc(C4CCNCC4)cc3)n2)cn1. The van der Waals surface area contributed by atoms with E-state index in [2.05, 4.69) is 45.0 Å². The average Bonchev–Trinajstić information content (AvgIpc) is 3.21. The van der Waals surface area contributed by atoms with Crippen LogP contribution in [0.4, 0.5) is 11.5 Å². The zero-order valence-corrected chi connectivity index (χ0v) is 16.9. The number of H-pyrrole nitrogens is 1. The standard InChI is InChI=1S/C23H24N6O/c1-29-14-18(13-26-29)20-12-17-8-11-25-23(30)21(17)22(28-20)27-19-4-2-15(3-5-19)16-6-9-24-10-7-16/h2-5,8,11-14,16,24H,6-7,9-10H2,1H3,(H,25,30)(H,27,28). The van der Waals surface area contributed by atoms with Gasteiger partial charge in [-0.05, 0) is 67.1 Å². The fourth-order valence-corrected chi connectivity index (χ4v) is 4.14. The molecule has 3 aromatic heterocycles. The summed E-state index contributed by atoms with van der Waals surface area (Å²) in [6.45, 7) is 2.15. The lowest BCUT2D eigenvalue weighted by Gasteiger charge is -2.23. The molecule has 1 fully saturated rings. The normalized spacial score (nSPS) is 14.8. The van der Waals surface area contributed by atoms with E-state index in [-0.39, 0.29) is 5.56 Å². The first-order chi connectivity index (χ1) is 14.7. The van der Waals surface area contributed by atoms with Crippen LogP contribution in [0.5, 0.6) is 0 Å². The van der Waals surface area contributed by atoms with Gasteiger partial charge in [0.2, 0.25) is 0 Å². The molecule has 0 amide bonds. The van der Waals surface area contributed by atoms with Crippen molar-refractivity contribution in [2.45, 2.75) is 18.8 Å². The van der Waals surface area contributed by atoms with E-state index in [1.807, 2.05) is 25.4 Å². The van der Waals surface area contributed by atoms with Crippen molar-refractivity contribution in [2.24, 2.45) is 7.05 Å². The zero-order chi connectivity index (χ0) is 20.5. The van der Waals surface area contributed by atoms with Crippen molar-refractivity contribution < 1.29 is 0 Å². The number of benzene rings is 1. The van der Waals surface area contributed by atoms with Crippen LogP contribution in [-0.2, 0) is 7.05 Å². The molecule has 0 radical (unpaired) electrons. The molecule has 4 heterocycles. The highest BCUT2D eigenvalue weighted by Gasteiger charge is 2.16. The number of nitrogens with zero attached hydrogens (tertiary/aromatic N) is 3. The number of nitrogens with one attached hydrogen (secondary N) is 3. The summed E-state index contributed by atoms with van der Waals surface area (Å²) >= 11 is 0. The highest BCUT2D eigenvalue weighted by molar-refractivity contribution is 5.95. The van der Waals surface area contributed by atoms with Gasteiger partial charge in [0.1, 0.15) is 5.82 Å². The minimum Gasteiger partial charge on any atom is -0.340 e. The molecule has 7 nitrogen and oxygen atoms in total. The monoisotopic (exact) mass is 400 g/mol. The van der Waals surface area contributed by atoms with E-state index in [9.17, 15) is 4.79 Å². The van der Waals surface area contributed by atoms with E-state index >= 15 is 0 Å². The van der Waals surface area contributed by atoms with Crippen molar-refractivity contribution >= 4 is 22.3 Å². The highest BCUT2D eigenvalue weighted by Crippen LogP contribution is 2.29. The molecular weight excluding hydrogens is 376 g/mol. The van der Waals surface area contributed by atoms with Crippen molar-refractivity contribution in [3.8, 4) is 11.3 Å². The van der Waals surface area contributed by atoms with Gasteiger partial charge in [-0.25, -0.2) is 4.98 Å². The van der Waals surface area contributed by atoms with Crippen LogP contribution in [0.1, 0.15) is 24.3 Å². The van der Waals surface area contributed by atoms with Gasteiger partial charge in [0.15, 0.2) is 0 Å². The molecule has 0 atom stereocenters. The minimum absolute atomic E-state index is 0.161. The fourth-order valence-electron chi connectivity index (χ4n) is 4.14. The molecule has 0 unspecified atom stereocenters. The Kier molecular flexibility index (Phi) is 4.80. The first-order valence-corrected chi connectivity index (χ1v) is 10.3. The molecule has 5 rings (SSSR count). The van der Waals surface area contributed by atoms with Crippen molar-refractivity contribution in [2.75, 3.05) is 18.4 Å². The van der Waals surface area contributed by atoms with Crippen LogP contribution in [-0.4, -0.2) is 32.8 Å². The number of rotatable bonds is 4. The molecule has 1 aliphatic heterocycles. The van der Waals surface area contributed by atoms with E-state index in [0.29, 0.717) is 17.1 Å².